The summed E-state index contributed by atoms with van der Waals surface area (Å²) in [5, 5.41) is 9.36. The molecule has 0 unspecified atom stereocenters. The van der Waals surface area contributed by atoms with Crippen molar-refractivity contribution in [3.8, 4) is 0 Å². The highest BCUT2D eigenvalue weighted by molar-refractivity contribution is 7.89. The lowest BCUT2D eigenvalue weighted by Gasteiger charge is -2.36. The van der Waals surface area contributed by atoms with Crippen LogP contribution in [0.2, 0.25) is 0 Å². The molecule has 26 heavy (non-hydrogen) atoms. The minimum absolute atomic E-state index is 0.0798. The van der Waals surface area contributed by atoms with Gasteiger partial charge in [-0.05, 0) is 81.3 Å². The van der Waals surface area contributed by atoms with E-state index in [2.05, 4.69) is 4.90 Å². The molecule has 7 heteroatoms. The Balaban J connectivity index is 1.58. The zero-order valence-electron chi connectivity index (χ0n) is 15.0. The summed E-state index contributed by atoms with van der Waals surface area (Å²) in [6.45, 7) is 3.31. The molecule has 1 aromatic rings. The van der Waals surface area contributed by atoms with Gasteiger partial charge in [-0.15, -0.1) is 0 Å². The summed E-state index contributed by atoms with van der Waals surface area (Å²) in [5.74, 6) is -1.07. The van der Waals surface area contributed by atoms with Crippen LogP contribution in [-0.4, -0.2) is 60.9 Å². The molecule has 0 radical (unpaired) electrons. The van der Waals surface area contributed by atoms with Gasteiger partial charge in [0.25, 0.3) is 0 Å². The first-order valence-electron chi connectivity index (χ1n) is 9.60. The molecule has 142 valence electrons. The summed E-state index contributed by atoms with van der Waals surface area (Å²) in [6.07, 6.45) is 6.57. The second-order valence-electron chi connectivity index (χ2n) is 7.65. The summed E-state index contributed by atoms with van der Waals surface area (Å²) in [7, 11) is -3.64. The predicted octanol–water partition coefficient (Wildman–Crippen LogP) is 2.12. The average Bonchev–Trinajstić information content (AvgIpc) is 3.32. The Labute approximate surface area is 154 Å². The van der Waals surface area contributed by atoms with Crippen LogP contribution < -0.4 is 0 Å². The third kappa shape index (κ3) is 3.17. The largest absolute Gasteiger partial charge is 0.478 e. The molecule has 6 nitrogen and oxygen atoms in total. The molecular weight excluding hydrogens is 352 g/mol. The maximum Gasteiger partial charge on any atom is 0.335 e. The van der Waals surface area contributed by atoms with E-state index in [1.54, 1.807) is 10.4 Å². The second-order valence-corrected chi connectivity index (χ2v) is 9.56. The van der Waals surface area contributed by atoms with Crippen LogP contribution in [0.1, 0.15) is 53.6 Å². The van der Waals surface area contributed by atoms with Crippen LogP contribution in [-0.2, 0) is 22.9 Å². The van der Waals surface area contributed by atoms with Gasteiger partial charge in [-0.3, -0.25) is 0 Å². The Hall–Kier alpha value is -1.44. The van der Waals surface area contributed by atoms with Gasteiger partial charge in [0, 0.05) is 19.1 Å². The van der Waals surface area contributed by atoms with Gasteiger partial charge in [0.15, 0.2) is 0 Å². The SMILES string of the molecule is O=C(O)c1cc2c(c(S(=O)(=O)N3CCC(N4CCCC4)CC3)c1)CCC2. The van der Waals surface area contributed by atoms with Crippen molar-refractivity contribution < 1.29 is 18.3 Å². The second kappa shape index (κ2) is 6.94. The smallest absolute Gasteiger partial charge is 0.335 e. The number of benzene rings is 1. The molecule has 0 aromatic heterocycles. The fourth-order valence-electron chi connectivity index (χ4n) is 4.71. The average molecular weight is 378 g/mol. The highest BCUT2D eigenvalue weighted by Gasteiger charge is 2.35. The Kier molecular flexibility index (Phi) is 4.79. The van der Waals surface area contributed by atoms with Crippen LogP contribution in [0.3, 0.4) is 0 Å². The van der Waals surface area contributed by atoms with Gasteiger partial charge in [0.05, 0.1) is 10.5 Å². The number of aromatic carboxylic acids is 1. The van der Waals surface area contributed by atoms with E-state index < -0.39 is 16.0 Å². The van der Waals surface area contributed by atoms with Crippen LogP contribution in [0.5, 0.6) is 0 Å². The van der Waals surface area contributed by atoms with Crippen LogP contribution >= 0.6 is 0 Å². The molecular formula is C19H26N2O4S. The molecule has 3 aliphatic rings. The summed E-state index contributed by atoms with van der Waals surface area (Å²) >= 11 is 0. The highest BCUT2D eigenvalue weighted by Crippen LogP contribution is 2.33. The van der Waals surface area contributed by atoms with E-state index in [4.69, 9.17) is 0 Å². The van der Waals surface area contributed by atoms with E-state index in [1.807, 2.05) is 0 Å². The standard InChI is InChI=1S/C19H26N2O4S/c22-19(23)15-12-14-4-3-5-17(14)18(13-15)26(24,25)21-10-6-16(7-11-21)20-8-1-2-9-20/h12-13,16H,1-11H2,(H,22,23). The number of piperidine rings is 1. The number of carboxylic acids is 1. The minimum atomic E-state index is -3.64. The number of rotatable bonds is 4. The van der Waals surface area contributed by atoms with Crippen molar-refractivity contribution >= 4 is 16.0 Å². The number of fused-ring (bicyclic) bond motifs is 1. The van der Waals surface area contributed by atoms with Gasteiger partial charge in [0.1, 0.15) is 0 Å². The molecule has 2 aliphatic heterocycles. The number of hydrogen-bond acceptors (Lipinski definition) is 4. The Morgan fingerprint density at radius 3 is 2.35 bits per heavy atom. The van der Waals surface area contributed by atoms with E-state index in [9.17, 15) is 18.3 Å². The number of aryl methyl sites for hydroxylation is 1. The summed E-state index contributed by atoms with van der Waals surface area (Å²) in [6, 6.07) is 3.50. The number of hydrogen-bond donors (Lipinski definition) is 1. The molecule has 2 fully saturated rings. The Bertz CT molecular complexity index is 807. The van der Waals surface area contributed by atoms with Crippen molar-refractivity contribution in [2.45, 2.75) is 55.9 Å². The number of carboxylic acid groups (broad SMARTS) is 1. The molecule has 0 amide bonds. The van der Waals surface area contributed by atoms with Gasteiger partial charge in [-0.25, -0.2) is 13.2 Å². The van der Waals surface area contributed by atoms with Gasteiger partial charge >= 0.3 is 5.97 Å². The zero-order chi connectivity index (χ0) is 18.3. The van der Waals surface area contributed by atoms with Crippen molar-refractivity contribution in [1.82, 2.24) is 9.21 Å². The summed E-state index contributed by atoms with van der Waals surface area (Å²) in [4.78, 5) is 14.2. The van der Waals surface area contributed by atoms with Gasteiger partial charge in [0.2, 0.25) is 10.0 Å². The predicted molar refractivity (Wildman–Crippen MR) is 98.0 cm³/mol. The first kappa shape index (κ1) is 17.9. The van der Waals surface area contributed by atoms with Crippen LogP contribution in [0.25, 0.3) is 0 Å². The Morgan fingerprint density at radius 1 is 1.00 bits per heavy atom. The maximum atomic E-state index is 13.3. The molecule has 0 bridgehead atoms. The van der Waals surface area contributed by atoms with Crippen molar-refractivity contribution in [3.05, 3.63) is 28.8 Å². The fourth-order valence-corrected chi connectivity index (χ4v) is 6.50. The van der Waals surface area contributed by atoms with Gasteiger partial charge < -0.3 is 10.0 Å². The summed E-state index contributed by atoms with van der Waals surface area (Å²) < 4.78 is 28.1. The molecule has 2 saturated heterocycles. The van der Waals surface area contributed by atoms with E-state index in [0.717, 1.165) is 49.9 Å². The third-order valence-electron chi connectivity index (χ3n) is 6.12. The van der Waals surface area contributed by atoms with Crippen molar-refractivity contribution in [3.63, 3.8) is 0 Å². The Morgan fingerprint density at radius 2 is 1.69 bits per heavy atom. The van der Waals surface area contributed by atoms with E-state index in [-0.39, 0.29) is 10.5 Å². The van der Waals surface area contributed by atoms with E-state index in [0.29, 0.717) is 25.6 Å². The third-order valence-corrected chi connectivity index (χ3v) is 8.08. The molecule has 1 N–H and O–H groups in total. The lowest BCUT2D eigenvalue weighted by molar-refractivity contribution is 0.0696. The molecule has 1 aromatic carbocycles. The van der Waals surface area contributed by atoms with Gasteiger partial charge in [-0.1, -0.05) is 0 Å². The number of nitrogens with zero attached hydrogens (tertiary/aromatic N) is 2. The summed E-state index contributed by atoms with van der Waals surface area (Å²) in [5.41, 5.74) is 1.79. The molecule has 2 heterocycles. The maximum absolute atomic E-state index is 13.3. The lowest BCUT2D eigenvalue weighted by atomic mass is 10.1. The topological polar surface area (TPSA) is 77.9 Å². The number of carbonyl (C=O) groups is 1. The quantitative estimate of drug-likeness (QED) is 0.868. The monoisotopic (exact) mass is 378 g/mol. The first-order valence-corrected chi connectivity index (χ1v) is 11.0. The number of sulfonamides is 1. The van der Waals surface area contributed by atoms with Gasteiger partial charge in [-0.2, -0.15) is 4.31 Å². The van der Waals surface area contributed by atoms with Crippen molar-refractivity contribution in [1.29, 1.82) is 0 Å². The minimum Gasteiger partial charge on any atom is -0.478 e. The van der Waals surface area contributed by atoms with Crippen molar-refractivity contribution in [2.24, 2.45) is 0 Å². The molecule has 0 saturated carbocycles. The highest BCUT2D eigenvalue weighted by atomic mass is 32.2. The normalized spacial score (nSPS) is 22.6. The first-order chi connectivity index (χ1) is 12.5. The molecule has 1 aliphatic carbocycles. The van der Waals surface area contributed by atoms with Crippen LogP contribution in [0, 0.1) is 0 Å². The zero-order valence-corrected chi connectivity index (χ0v) is 15.8. The lowest BCUT2D eigenvalue weighted by Crippen LogP contribution is -2.46. The van der Waals surface area contributed by atoms with Crippen molar-refractivity contribution in [2.75, 3.05) is 26.2 Å². The van der Waals surface area contributed by atoms with E-state index in [1.165, 1.54) is 18.9 Å². The van der Waals surface area contributed by atoms with Crippen LogP contribution in [0.4, 0.5) is 0 Å². The molecule has 0 atom stereocenters. The van der Waals surface area contributed by atoms with Crippen LogP contribution in [0.15, 0.2) is 17.0 Å². The number of likely N-dealkylation sites (tertiary alicyclic amines) is 1. The molecule has 4 rings (SSSR count). The molecule has 0 spiro atoms. The fraction of sp³-hybridized carbons (Fsp3) is 0.632. The van der Waals surface area contributed by atoms with E-state index >= 15 is 0 Å².